The van der Waals surface area contributed by atoms with E-state index < -0.39 is 17.6 Å². The highest BCUT2D eigenvalue weighted by Crippen LogP contribution is 2.31. The van der Waals surface area contributed by atoms with Crippen molar-refractivity contribution >= 4 is 35.0 Å². The number of amides is 1. The molecule has 0 saturated heterocycles. The normalized spacial score (nSPS) is 10.4. The third-order valence-corrected chi connectivity index (χ3v) is 3.94. The molecule has 0 aliphatic rings. The molecule has 0 aliphatic carbocycles. The predicted octanol–water partition coefficient (Wildman–Crippen LogP) is 3.84. The van der Waals surface area contributed by atoms with E-state index >= 15 is 0 Å². The fourth-order valence-electron chi connectivity index (χ4n) is 2.06. The lowest BCUT2D eigenvalue weighted by molar-refractivity contribution is -0.114. The maximum absolute atomic E-state index is 12.6. The van der Waals surface area contributed by atoms with Crippen LogP contribution >= 0.6 is 11.8 Å². The number of rotatable bonds is 7. The summed E-state index contributed by atoms with van der Waals surface area (Å²) in [5.74, 6) is -3.53. The number of carbonyl (C=O) groups is 2. The van der Waals surface area contributed by atoms with Crippen LogP contribution in [0.1, 0.15) is 10.4 Å². The van der Waals surface area contributed by atoms with Crippen LogP contribution in [0.5, 0.6) is 0 Å². The molecule has 0 fully saturated rings. The molecule has 2 rings (SSSR count). The number of hydrogen-bond donors (Lipinski definition) is 2. The van der Waals surface area contributed by atoms with Crippen LogP contribution in [-0.4, -0.2) is 31.3 Å². The zero-order chi connectivity index (χ0) is 18.2. The Hall–Kier alpha value is -2.61. The zero-order valence-corrected chi connectivity index (χ0v) is 14.1. The van der Waals surface area contributed by atoms with E-state index in [1.54, 1.807) is 42.5 Å². The van der Waals surface area contributed by atoms with Crippen LogP contribution in [0.4, 0.5) is 20.2 Å². The third-order valence-electron chi connectivity index (χ3n) is 3.15. The third kappa shape index (κ3) is 5.46. The number of benzene rings is 2. The number of esters is 1. The molecule has 25 heavy (non-hydrogen) atoms. The van der Waals surface area contributed by atoms with Gasteiger partial charge in [0.15, 0.2) is 0 Å². The van der Waals surface area contributed by atoms with E-state index in [0.29, 0.717) is 28.7 Å². The number of methoxy groups -OCH3 is 1. The summed E-state index contributed by atoms with van der Waals surface area (Å²) in [7, 11) is 1.27. The fourth-order valence-corrected chi connectivity index (χ4v) is 2.66. The number of thioether (sulfide) groups is 1. The number of ether oxygens (including phenoxy) is 1. The number of hydrogen-bond acceptors (Lipinski definition) is 5. The van der Waals surface area contributed by atoms with Gasteiger partial charge in [-0.3, -0.25) is 4.79 Å². The molecule has 0 saturated carbocycles. The predicted molar refractivity (Wildman–Crippen MR) is 93.2 cm³/mol. The van der Waals surface area contributed by atoms with Gasteiger partial charge in [-0.25, -0.2) is 4.79 Å². The van der Waals surface area contributed by atoms with Gasteiger partial charge in [-0.1, -0.05) is 36.0 Å². The smallest absolute Gasteiger partial charge is 0.339 e. The molecule has 0 unspecified atom stereocenters. The van der Waals surface area contributed by atoms with E-state index in [1.165, 1.54) is 13.2 Å². The zero-order valence-electron chi connectivity index (χ0n) is 13.3. The first-order valence-electron chi connectivity index (χ1n) is 7.26. The molecule has 8 heteroatoms. The lowest BCUT2D eigenvalue weighted by Gasteiger charge is -2.12. The van der Waals surface area contributed by atoms with Gasteiger partial charge in [-0.05, 0) is 24.3 Å². The molecule has 0 aliphatic heterocycles. The van der Waals surface area contributed by atoms with Gasteiger partial charge in [0.25, 0.3) is 5.76 Å². The molecular formula is C17H16F2N2O3S. The monoisotopic (exact) mass is 366 g/mol. The van der Waals surface area contributed by atoms with E-state index in [9.17, 15) is 18.4 Å². The quantitative estimate of drug-likeness (QED) is 0.576. The highest BCUT2D eigenvalue weighted by atomic mass is 32.2. The van der Waals surface area contributed by atoms with E-state index in [2.05, 4.69) is 15.4 Å². The Balaban J connectivity index is 2.02. The van der Waals surface area contributed by atoms with Gasteiger partial charge < -0.3 is 15.4 Å². The standard InChI is InChI=1S/C17H16F2N2O3S/c1-24-16(23)11-6-2-3-7-12(11)20-10-15(22)21-13-8-4-5-9-14(13)25-17(18)19/h2-9,17,20H,10H2,1H3,(H,21,22). The molecule has 1 amide bonds. The first-order chi connectivity index (χ1) is 12.0. The lowest BCUT2D eigenvalue weighted by atomic mass is 10.2. The summed E-state index contributed by atoms with van der Waals surface area (Å²) >= 11 is 0.361. The molecule has 2 aromatic rings. The van der Waals surface area contributed by atoms with E-state index in [1.807, 2.05) is 0 Å². The van der Waals surface area contributed by atoms with Gasteiger partial charge in [0.05, 0.1) is 24.9 Å². The van der Waals surface area contributed by atoms with Crippen molar-refractivity contribution in [2.45, 2.75) is 10.7 Å². The summed E-state index contributed by atoms with van der Waals surface area (Å²) in [6, 6.07) is 12.9. The number of para-hydroxylation sites is 2. The SMILES string of the molecule is COC(=O)c1ccccc1NCC(=O)Nc1ccccc1SC(F)F. The topological polar surface area (TPSA) is 67.4 Å². The van der Waals surface area contributed by atoms with Crippen LogP contribution in [0.2, 0.25) is 0 Å². The largest absolute Gasteiger partial charge is 0.465 e. The minimum absolute atomic E-state index is 0.137. The van der Waals surface area contributed by atoms with Crippen molar-refractivity contribution in [1.29, 1.82) is 0 Å². The van der Waals surface area contributed by atoms with Gasteiger partial charge in [-0.15, -0.1) is 0 Å². The lowest BCUT2D eigenvalue weighted by Crippen LogP contribution is -2.23. The van der Waals surface area contributed by atoms with Crippen LogP contribution in [0.25, 0.3) is 0 Å². The molecule has 2 N–H and O–H groups in total. The molecule has 2 aromatic carbocycles. The Morgan fingerprint density at radius 1 is 1.08 bits per heavy atom. The molecule has 0 atom stereocenters. The van der Waals surface area contributed by atoms with Crippen LogP contribution in [-0.2, 0) is 9.53 Å². The van der Waals surface area contributed by atoms with Crippen LogP contribution in [0.15, 0.2) is 53.4 Å². The van der Waals surface area contributed by atoms with Gasteiger partial charge in [0, 0.05) is 10.6 Å². The second-order valence-corrected chi connectivity index (χ2v) is 5.85. The van der Waals surface area contributed by atoms with Crippen molar-refractivity contribution in [3.63, 3.8) is 0 Å². The van der Waals surface area contributed by atoms with E-state index in [0.717, 1.165) is 0 Å². The van der Waals surface area contributed by atoms with Crippen LogP contribution in [0, 0.1) is 0 Å². The number of carbonyl (C=O) groups excluding carboxylic acids is 2. The Kier molecular flexibility index (Phi) is 6.76. The highest BCUT2D eigenvalue weighted by Gasteiger charge is 2.14. The maximum Gasteiger partial charge on any atom is 0.339 e. The summed E-state index contributed by atoms with van der Waals surface area (Å²) in [5, 5.41) is 5.42. The van der Waals surface area contributed by atoms with Gasteiger partial charge >= 0.3 is 5.97 Å². The summed E-state index contributed by atoms with van der Waals surface area (Å²) in [5.41, 5.74) is 1.05. The van der Waals surface area contributed by atoms with Crippen molar-refractivity contribution in [3.05, 3.63) is 54.1 Å². The van der Waals surface area contributed by atoms with E-state index in [4.69, 9.17) is 0 Å². The Morgan fingerprint density at radius 2 is 1.72 bits per heavy atom. The van der Waals surface area contributed by atoms with Crippen molar-refractivity contribution < 1.29 is 23.1 Å². The van der Waals surface area contributed by atoms with Crippen LogP contribution < -0.4 is 10.6 Å². The molecule has 5 nitrogen and oxygen atoms in total. The second kappa shape index (κ2) is 9.03. The van der Waals surface area contributed by atoms with E-state index in [-0.39, 0.29) is 11.4 Å². The van der Waals surface area contributed by atoms with Crippen molar-refractivity contribution in [2.75, 3.05) is 24.3 Å². The van der Waals surface area contributed by atoms with Gasteiger partial charge in [-0.2, -0.15) is 8.78 Å². The Bertz CT molecular complexity index is 756. The first-order valence-corrected chi connectivity index (χ1v) is 8.14. The minimum Gasteiger partial charge on any atom is -0.465 e. The molecule has 0 radical (unpaired) electrons. The van der Waals surface area contributed by atoms with Crippen LogP contribution in [0.3, 0.4) is 0 Å². The molecule has 132 valence electrons. The number of anilines is 2. The van der Waals surface area contributed by atoms with Gasteiger partial charge in [0.2, 0.25) is 5.91 Å². The summed E-state index contributed by atoms with van der Waals surface area (Å²) < 4.78 is 29.8. The Labute approximate surface area is 147 Å². The highest BCUT2D eigenvalue weighted by molar-refractivity contribution is 7.99. The molecule has 0 spiro atoms. The molecule has 0 heterocycles. The average molecular weight is 366 g/mol. The molecule has 0 bridgehead atoms. The first kappa shape index (κ1) is 18.7. The summed E-state index contributed by atoms with van der Waals surface area (Å²) in [6.45, 7) is -0.137. The maximum atomic E-state index is 12.6. The second-order valence-electron chi connectivity index (χ2n) is 4.81. The fraction of sp³-hybridized carbons (Fsp3) is 0.176. The van der Waals surface area contributed by atoms with Crippen molar-refractivity contribution in [2.24, 2.45) is 0 Å². The molecule has 0 aromatic heterocycles. The number of alkyl halides is 2. The summed E-state index contributed by atoms with van der Waals surface area (Å²) in [4.78, 5) is 24.0. The Morgan fingerprint density at radius 3 is 2.40 bits per heavy atom. The summed E-state index contributed by atoms with van der Waals surface area (Å²) in [6.07, 6.45) is 0. The average Bonchev–Trinajstić information content (AvgIpc) is 2.61. The number of nitrogens with one attached hydrogen (secondary N) is 2. The number of halogens is 2. The minimum atomic E-state index is -2.58. The van der Waals surface area contributed by atoms with Crippen molar-refractivity contribution in [1.82, 2.24) is 0 Å². The van der Waals surface area contributed by atoms with Gasteiger partial charge in [0.1, 0.15) is 0 Å². The van der Waals surface area contributed by atoms with Crippen molar-refractivity contribution in [3.8, 4) is 0 Å². The molecular weight excluding hydrogens is 350 g/mol.